The fourth-order valence-corrected chi connectivity index (χ4v) is 1.50. The molecule has 1 heterocycles. The van der Waals surface area contributed by atoms with Gasteiger partial charge in [-0.15, -0.1) is 0 Å². The van der Waals surface area contributed by atoms with E-state index in [1.54, 1.807) is 6.92 Å². The summed E-state index contributed by atoms with van der Waals surface area (Å²) in [6.07, 6.45) is 1.45. The Morgan fingerprint density at radius 1 is 1.47 bits per heavy atom. The second-order valence-corrected chi connectivity index (χ2v) is 4.75. The second-order valence-electron chi connectivity index (χ2n) is 3.96. The van der Waals surface area contributed by atoms with E-state index in [4.69, 9.17) is 0 Å². The number of rotatable bonds is 4. The summed E-state index contributed by atoms with van der Waals surface area (Å²) < 4.78 is 0.330. The van der Waals surface area contributed by atoms with Gasteiger partial charge in [0, 0.05) is 6.04 Å². The monoisotopic (exact) mass is 302 g/mol. The maximum absolute atomic E-state index is 11.7. The molecule has 0 aliphatic heterocycles. The normalized spacial score (nSPS) is 12.3. The quantitative estimate of drug-likeness (QED) is 0.770. The third-order valence-electron chi connectivity index (χ3n) is 1.99. The van der Waals surface area contributed by atoms with Gasteiger partial charge in [0.2, 0.25) is 5.91 Å². The van der Waals surface area contributed by atoms with Gasteiger partial charge in [0.25, 0.3) is 5.56 Å². The molecule has 1 aromatic heterocycles. The van der Waals surface area contributed by atoms with Crippen LogP contribution in [-0.4, -0.2) is 28.2 Å². The van der Waals surface area contributed by atoms with E-state index < -0.39 is 6.04 Å². The highest BCUT2D eigenvalue weighted by molar-refractivity contribution is 9.10. The predicted molar refractivity (Wildman–Crippen MR) is 68.9 cm³/mol. The van der Waals surface area contributed by atoms with E-state index in [1.165, 1.54) is 6.20 Å². The van der Waals surface area contributed by atoms with E-state index in [1.807, 2.05) is 13.8 Å². The first-order valence-corrected chi connectivity index (χ1v) is 6.01. The number of nitrogens with one attached hydrogen (secondary N) is 3. The average molecular weight is 303 g/mol. The molecule has 94 valence electrons. The van der Waals surface area contributed by atoms with E-state index in [9.17, 15) is 9.59 Å². The maximum Gasteiger partial charge on any atom is 0.280 e. The van der Waals surface area contributed by atoms with E-state index in [0.717, 1.165) is 0 Å². The highest BCUT2D eigenvalue weighted by Crippen LogP contribution is 2.16. The summed E-state index contributed by atoms with van der Waals surface area (Å²) in [4.78, 5) is 22.9. The van der Waals surface area contributed by atoms with Gasteiger partial charge in [-0.3, -0.25) is 9.59 Å². The number of hydrogen-bond acceptors (Lipinski definition) is 4. The van der Waals surface area contributed by atoms with Crippen molar-refractivity contribution < 1.29 is 4.79 Å². The number of aromatic nitrogens is 2. The van der Waals surface area contributed by atoms with E-state index >= 15 is 0 Å². The van der Waals surface area contributed by atoms with E-state index in [2.05, 4.69) is 36.8 Å². The van der Waals surface area contributed by atoms with Gasteiger partial charge in [-0.1, -0.05) is 0 Å². The van der Waals surface area contributed by atoms with Crippen LogP contribution in [0.25, 0.3) is 0 Å². The lowest BCUT2D eigenvalue weighted by Gasteiger charge is -2.17. The maximum atomic E-state index is 11.7. The number of anilines is 1. The third-order valence-corrected chi connectivity index (χ3v) is 2.78. The molecule has 0 fully saturated rings. The average Bonchev–Trinajstić information content (AvgIpc) is 2.23. The molecule has 1 aromatic rings. The molecule has 0 bridgehead atoms. The fraction of sp³-hybridized carbons (Fsp3) is 0.500. The molecule has 17 heavy (non-hydrogen) atoms. The molecule has 1 atom stereocenters. The lowest BCUT2D eigenvalue weighted by molar-refractivity contribution is -0.122. The summed E-state index contributed by atoms with van der Waals surface area (Å²) in [5.74, 6) is -0.132. The zero-order valence-electron chi connectivity index (χ0n) is 9.87. The van der Waals surface area contributed by atoms with Crippen molar-refractivity contribution in [3.05, 3.63) is 21.0 Å². The van der Waals surface area contributed by atoms with E-state index in [0.29, 0.717) is 10.2 Å². The molecule has 1 amide bonds. The van der Waals surface area contributed by atoms with Gasteiger partial charge in [0.1, 0.15) is 10.5 Å². The number of carbonyl (C=O) groups is 1. The van der Waals surface area contributed by atoms with Gasteiger partial charge in [-0.25, -0.2) is 5.10 Å². The Bertz CT molecular complexity index is 458. The fourth-order valence-electron chi connectivity index (χ4n) is 1.19. The molecule has 0 aromatic carbocycles. The van der Waals surface area contributed by atoms with Crippen LogP contribution < -0.4 is 16.2 Å². The van der Waals surface area contributed by atoms with Crippen LogP contribution in [0.15, 0.2) is 15.5 Å². The topological polar surface area (TPSA) is 86.9 Å². The van der Waals surface area contributed by atoms with Crippen molar-refractivity contribution in [2.75, 3.05) is 5.32 Å². The first-order chi connectivity index (χ1) is 7.91. The summed E-state index contributed by atoms with van der Waals surface area (Å²) in [7, 11) is 0. The zero-order chi connectivity index (χ0) is 13.0. The minimum absolute atomic E-state index is 0.0764. The lowest BCUT2D eigenvalue weighted by Crippen LogP contribution is -2.41. The highest BCUT2D eigenvalue weighted by atomic mass is 79.9. The van der Waals surface area contributed by atoms with Crippen molar-refractivity contribution in [3.8, 4) is 0 Å². The molecule has 7 heteroatoms. The predicted octanol–water partition coefficient (Wildman–Crippen LogP) is 0.857. The summed E-state index contributed by atoms with van der Waals surface area (Å²) >= 11 is 3.13. The van der Waals surface area contributed by atoms with Crippen molar-refractivity contribution in [3.63, 3.8) is 0 Å². The minimum Gasteiger partial charge on any atom is -0.372 e. The van der Waals surface area contributed by atoms with Gasteiger partial charge in [0.15, 0.2) is 0 Å². The molecular weight excluding hydrogens is 288 g/mol. The number of H-pyrrole nitrogens is 1. The van der Waals surface area contributed by atoms with Crippen LogP contribution >= 0.6 is 15.9 Å². The third kappa shape index (κ3) is 3.85. The summed E-state index contributed by atoms with van der Waals surface area (Å²) in [6, 6.07) is -0.371. The first-order valence-electron chi connectivity index (χ1n) is 5.22. The summed E-state index contributed by atoms with van der Waals surface area (Å²) in [6.45, 7) is 5.48. The minimum atomic E-state index is -0.447. The Labute approximate surface area is 107 Å². The Balaban J connectivity index is 2.74. The summed E-state index contributed by atoms with van der Waals surface area (Å²) in [5.41, 5.74) is 0.145. The molecule has 0 spiro atoms. The molecule has 6 nitrogen and oxygen atoms in total. The largest absolute Gasteiger partial charge is 0.372 e. The van der Waals surface area contributed by atoms with Crippen LogP contribution in [0.1, 0.15) is 20.8 Å². The highest BCUT2D eigenvalue weighted by Gasteiger charge is 2.15. The van der Waals surface area contributed by atoms with Crippen LogP contribution in [0.5, 0.6) is 0 Å². The molecule has 0 saturated carbocycles. The Hall–Kier alpha value is -1.37. The SMILES string of the molecule is CC(C)NC(=O)C(C)Nc1cn[nH]c(=O)c1Br. The first kappa shape index (κ1) is 13.7. The molecule has 0 saturated heterocycles. The van der Waals surface area contributed by atoms with Crippen LogP contribution in [0.4, 0.5) is 5.69 Å². The van der Waals surface area contributed by atoms with E-state index in [-0.39, 0.29) is 17.5 Å². The standard InChI is InChI=1S/C10H15BrN4O2/c1-5(2)13-9(16)6(3)14-7-4-12-15-10(17)8(7)11/h4-6H,1-3H3,(H,13,16)(H2,14,15,17). The van der Waals surface area contributed by atoms with Crippen molar-refractivity contribution in [2.24, 2.45) is 0 Å². The van der Waals surface area contributed by atoms with Gasteiger partial charge >= 0.3 is 0 Å². The van der Waals surface area contributed by atoms with Crippen LogP contribution in [0.3, 0.4) is 0 Å². The molecule has 1 unspecified atom stereocenters. The molecule has 1 rings (SSSR count). The van der Waals surface area contributed by atoms with Crippen molar-refractivity contribution in [1.82, 2.24) is 15.5 Å². The second kappa shape index (κ2) is 5.81. The zero-order valence-corrected chi connectivity index (χ0v) is 11.5. The Morgan fingerprint density at radius 2 is 2.12 bits per heavy atom. The smallest absolute Gasteiger partial charge is 0.280 e. The lowest BCUT2D eigenvalue weighted by atomic mass is 10.2. The van der Waals surface area contributed by atoms with Crippen molar-refractivity contribution in [2.45, 2.75) is 32.9 Å². The molecule has 0 aliphatic carbocycles. The van der Waals surface area contributed by atoms with Gasteiger partial charge in [-0.05, 0) is 36.7 Å². The van der Waals surface area contributed by atoms with Crippen LogP contribution in [-0.2, 0) is 4.79 Å². The number of nitrogens with zero attached hydrogens (tertiary/aromatic N) is 1. The number of amides is 1. The number of hydrogen-bond donors (Lipinski definition) is 3. The van der Waals surface area contributed by atoms with Gasteiger partial charge in [0.05, 0.1) is 11.9 Å². The number of aromatic amines is 1. The molecular formula is C10H15BrN4O2. The van der Waals surface area contributed by atoms with Gasteiger partial charge in [-0.2, -0.15) is 5.10 Å². The van der Waals surface area contributed by atoms with Crippen LogP contribution in [0, 0.1) is 0 Å². The number of carbonyl (C=O) groups excluding carboxylic acids is 1. The molecule has 0 radical (unpaired) electrons. The Morgan fingerprint density at radius 3 is 2.71 bits per heavy atom. The Kier molecular flexibility index (Phi) is 4.68. The molecule has 0 aliphatic rings. The number of halogens is 1. The van der Waals surface area contributed by atoms with Crippen molar-refractivity contribution in [1.29, 1.82) is 0 Å². The molecule has 3 N–H and O–H groups in total. The van der Waals surface area contributed by atoms with Gasteiger partial charge < -0.3 is 10.6 Å². The van der Waals surface area contributed by atoms with Crippen molar-refractivity contribution >= 4 is 27.5 Å². The summed E-state index contributed by atoms with van der Waals surface area (Å²) in [5, 5.41) is 11.6. The van der Waals surface area contributed by atoms with Crippen LogP contribution in [0.2, 0.25) is 0 Å².